The van der Waals surface area contributed by atoms with Gasteiger partial charge in [-0.05, 0) is 75.2 Å². The topological polar surface area (TPSA) is 84.1 Å². The molecule has 0 aliphatic carbocycles. The van der Waals surface area contributed by atoms with Gasteiger partial charge in [0.1, 0.15) is 0 Å². The molecular weight excluding hydrogens is 606 g/mol. The summed E-state index contributed by atoms with van der Waals surface area (Å²) >= 11 is 4.93. The predicted octanol–water partition coefficient (Wildman–Crippen LogP) is 4.99. The van der Waals surface area contributed by atoms with Crippen molar-refractivity contribution in [1.82, 2.24) is 9.13 Å². The summed E-state index contributed by atoms with van der Waals surface area (Å²) in [6.07, 6.45) is 1.90. The molecular formula is C31H30BrN3O5S. The summed E-state index contributed by atoms with van der Waals surface area (Å²) < 4.78 is 21.3. The van der Waals surface area contributed by atoms with Crippen LogP contribution in [0.1, 0.15) is 42.4 Å². The number of carbonyl (C=O) groups excluding carboxylic acids is 1. The van der Waals surface area contributed by atoms with Crippen molar-refractivity contribution in [2.45, 2.75) is 33.7 Å². The molecule has 0 amide bonds. The fourth-order valence-corrected chi connectivity index (χ4v) is 6.79. The number of esters is 1. The van der Waals surface area contributed by atoms with Gasteiger partial charge < -0.3 is 18.8 Å². The van der Waals surface area contributed by atoms with E-state index in [4.69, 9.17) is 19.2 Å². The fraction of sp³-hybridized carbons (Fsp3) is 0.258. The van der Waals surface area contributed by atoms with Crippen LogP contribution in [-0.4, -0.2) is 35.9 Å². The Balaban J connectivity index is 1.74. The highest BCUT2D eigenvalue weighted by molar-refractivity contribution is 9.10. The van der Waals surface area contributed by atoms with Gasteiger partial charge in [-0.2, -0.15) is 0 Å². The third-order valence-corrected chi connectivity index (χ3v) is 8.76. The summed E-state index contributed by atoms with van der Waals surface area (Å²) in [6, 6.07) is 14.9. The molecule has 0 radical (unpaired) electrons. The number of rotatable bonds is 7. The summed E-state index contributed by atoms with van der Waals surface area (Å²) in [5, 5.41) is 0. The van der Waals surface area contributed by atoms with Crippen molar-refractivity contribution in [2.24, 2.45) is 4.99 Å². The zero-order chi connectivity index (χ0) is 29.4. The number of benzene rings is 2. The molecule has 212 valence electrons. The Bertz CT molecular complexity index is 1870. The van der Waals surface area contributed by atoms with E-state index in [2.05, 4.69) is 38.7 Å². The predicted molar refractivity (Wildman–Crippen MR) is 163 cm³/mol. The van der Waals surface area contributed by atoms with E-state index < -0.39 is 12.0 Å². The molecule has 2 aromatic heterocycles. The molecule has 0 spiro atoms. The van der Waals surface area contributed by atoms with E-state index in [0.29, 0.717) is 42.1 Å². The zero-order valence-electron chi connectivity index (χ0n) is 23.6. The number of fused-ring (bicyclic) bond motifs is 1. The zero-order valence-corrected chi connectivity index (χ0v) is 26.1. The lowest BCUT2D eigenvalue weighted by atomic mass is 9.95. The average molecular weight is 637 g/mol. The van der Waals surface area contributed by atoms with Crippen LogP contribution in [0.3, 0.4) is 0 Å². The number of thiazole rings is 1. The van der Waals surface area contributed by atoms with E-state index in [9.17, 15) is 9.59 Å². The van der Waals surface area contributed by atoms with Gasteiger partial charge in [0.2, 0.25) is 0 Å². The molecule has 0 fully saturated rings. The van der Waals surface area contributed by atoms with Gasteiger partial charge in [0.25, 0.3) is 5.56 Å². The van der Waals surface area contributed by atoms with Gasteiger partial charge >= 0.3 is 5.97 Å². The van der Waals surface area contributed by atoms with Crippen molar-refractivity contribution < 1.29 is 19.0 Å². The first kappa shape index (κ1) is 28.6. The lowest BCUT2D eigenvalue weighted by Gasteiger charge is -2.26. The van der Waals surface area contributed by atoms with Crippen molar-refractivity contribution in [3.63, 3.8) is 0 Å². The Kier molecular flexibility index (Phi) is 8.06. The molecule has 2 aromatic carbocycles. The van der Waals surface area contributed by atoms with Crippen molar-refractivity contribution in [3.8, 4) is 17.2 Å². The second-order valence-electron chi connectivity index (χ2n) is 9.53. The van der Waals surface area contributed by atoms with Crippen LogP contribution in [0.25, 0.3) is 11.8 Å². The van der Waals surface area contributed by atoms with E-state index in [0.717, 1.165) is 22.6 Å². The molecule has 4 aromatic rings. The van der Waals surface area contributed by atoms with Crippen LogP contribution in [0.15, 0.2) is 74.1 Å². The van der Waals surface area contributed by atoms with E-state index in [-0.39, 0.29) is 12.2 Å². The number of allylic oxidation sites excluding steroid dienone is 1. The summed E-state index contributed by atoms with van der Waals surface area (Å²) in [4.78, 5) is 32.6. The molecule has 1 atom stereocenters. The second kappa shape index (κ2) is 11.5. The Morgan fingerprint density at radius 2 is 1.76 bits per heavy atom. The maximum Gasteiger partial charge on any atom is 0.338 e. The fourth-order valence-electron chi connectivity index (χ4n) is 5.21. The average Bonchev–Trinajstić information content (AvgIpc) is 3.41. The summed E-state index contributed by atoms with van der Waals surface area (Å²) in [5.74, 6) is 0.461. The minimum absolute atomic E-state index is 0.191. The lowest BCUT2D eigenvalue weighted by Crippen LogP contribution is -2.40. The van der Waals surface area contributed by atoms with Gasteiger partial charge in [-0.3, -0.25) is 9.36 Å². The van der Waals surface area contributed by atoms with Crippen molar-refractivity contribution in [3.05, 3.63) is 106 Å². The Morgan fingerprint density at radius 3 is 2.41 bits per heavy atom. The quantitative estimate of drug-likeness (QED) is 0.267. The number of aryl methyl sites for hydroxylation is 1. The monoisotopic (exact) mass is 635 g/mol. The number of hydrogen-bond acceptors (Lipinski definition) is 7. The van der Waals surface area contributed by atoms with E-state index in [1.165, 1.54) is 11.3 Å². The van der Waals surface area contributed by atoms with Crippen molar-refractivity contribution in [1.29, 1.82) is 0 Å². The normalized spacial score (nSPS) is 15.0. The number of methoxy groups -OCH3 is 2. The molecule has 1 aliphatic rings. The molecule has 0 N–H and O–H groups in total. The maximum absolute atomic E-state index is 14.1. The molecule has 0 unspecified atom stereocenters. The first-order chi connectivity index (χ1) is 19.7. The maximum atomic E-state index is 14.1. The lowest BCUT2D eigenvalue weighted by molar-refractivity contribution is -0.139. The number of hydrogen-bond donors (Lipinski definition) is 0. The first-order valence-corrected chi connectivity index (χ1v) is 14.7. The summed E-state index contributed by atoms with van der Waals surface area (Å²) in [5.41, 5.74) is 5.24. The van der Waals surface area contributed by atoms with Gasteiger partial charge in [0.15, 0.2) is 16.3 Å². The van der Waals surface area contributed by atoms with Crippen LogP contribution in [0.5, 0.6) is 11.5 Å². The largest absolute Gasteiger partial charge is 0.493 e. The minimum Gasteiger partial charge on any atom is -0.493 e. The highest BCUT2D eigenvalue weighted by Crippen LogP contribution is 2.40. The standard InChI is InChI=1S/C31H30BrN3O5S/c1-7-40-30(37)27-18(3)33-31-35(28(27)22-15-24(38-5)25(39-6)16-23(22)32)29(36)26(41-31)14-20-13-17(2)34(19(20)4)21-11-9-8-10-12-21/h8-16,28H,7H2,1-6H3/b26-14-/t28-/m1/s1. The molecule has 5 rings (SSSR count). The molecule has 1 aliphatic heterocycles. The third-order valence-electron chi connectivity index (χ3n) is 7.09. The third kappa shape index (κ3) is 5.06. The molecule has 0 bridgehead atoms. The number of aromatic nitrogens is 2. The van der Waals surface area contributed by atoms with Gasteiger partial charge in [0, 0.05) is 21.5 Å². The SMILES string of the molecule is CCOC(=O)C1=C(C)N=c2s/c(=C\c3cc(C)n(-c4ccccc4)c3C)c(=O)n2[C@@H]1c1cc(OC)c(OC)cc1Br. The summed E-state index contributed by atoms with van der Waals surface area (Å²) in [6.45, 7) is 7.78. The van der Waals surface area contributed by atoms with E-state index in [1.807, 2.05) is 38.1 Å². The van der Waals surface area contributed by atoms with E-state index in [1.54, 1.807) is 44.8 Å². The Hall–Kier alpha value is -3.89. The first-order valence-electron chi connectivity index (χ1n) is 13.1. The number of halogens is 1. The van der Waals surface area contributed by atoms with Gasteiger partial charge in [-0.1, -0.05) is 45.5 Å². The number of para-hydroxylation sites is 1. The number of nitrogens with zero attached hydrogens (tertiary/aromatic N) is 3. The van der Waals surface area contributed by atoms with Gasteiger partial charge in [-0.25, -0.2) is 9.79 Å². The van der Waals surface area contributed by atoms with Gasteiger partial charge in [0.05, 0.1) is 42.7 Å². The second-order valence-corrected chi connectivity index (χ2v) is 11.4. The molecule has 3 heterocycles. The Morgan fingerprint density at radius 1 is 1.07 bits per heavy atom. The molecule has 0 saturated heterocycles. The van der Waals surface area contributed by atoms with Crippen LogP contribution < -0.4 is 24.4 Å². The highest BCUT2D eigenvalue weighted by atomic mass is 79.9. The number of ether oxygens (including phenoxy) is 3. The van der Waals surface area contributed by atoms with Crippen molar-refractivity contribution in [2.75, 3.05) is 20.8 Å². The van der Waals surface area contributed by atoms with Crippen LogP contribution in [-0.2, 0) is 9.53 Å². The van der Waals surface area contributed by atoms with Crippen molar-refractivity contribution >= 4 is 39.3 Å². The highest BCUT2D eigenvalue weighted by Gasteiger charge is 2.35. The van der Waals surface area contributed by atoms with Gasteiger partial charge in [-0.15, -0.1) is 0 Å². The molecule has 41 heavy (non-hydrogen) atoms. The molecule has 0 saturated carbocycles. The molecule has 10 heteroatoms. The van der Waals surface area contributed by atoms with Crippen LogP contribution in [0, 0.1) is 13.8 Å². The minimum atomic E-state index is -0.793. The van der Waals surface area contributed by atoms with Crippen LogP contribution in [0.4, 0.5) is 0 Å². The molecule has 8 nitrogen and oxygen atoms in total. The summed E-state index contributed by atoms with van der Waals surface area (Å²) in [7, 11) is 3.09. The smallest absolute Gasteiger partial charge is 0.338 e. The van der Waals surface area contributed by atoms with E-state index >= 15 is 0 Å². The van der Waals surface area contributed by atoms with Crippen LogP contribution in [0.2, 0.25) is 0 Å². The number of carbonyl (C=O) groups is 1. The Labute approximate surface area is 250 Å². The van der Waals surface area contributed by atoms with Crippen LogP contribution >= 0.6 is 27.3 Å².